The van der Waals surface area contributed by atoms with Crippen molar-refractivity contribution < 1.29 is 9.85 Å². The Morgan fingerprint density at radius 1 is 1.00 bits per heavy atom. The lowest BCUT2D eigenvalue weighted by atomic mass is 9.57. The topological polar surface area (TPSA) is 111 Å². The van der Waals surface area contributed by atoms with Gasteiger partial charge in [-0.3, -0.25) is 25.7 Å². The Balaban J connectivity index is 1.60. The second-order valence-corrected chi connectivity index (χ2v) is 16.6. The maximum Gasteiger partial charge on any atom is 0.301 e. The molecule has 9 heteroatoms. The smallest absolute Gasteiger partial charge is 0.272 e. The monoisotopic (exact) mass is 482 g/mol. The maximum absolute atomic E-state index is 11.6. The van der Waals surface area contributed by atoms with Gasteiger partial charge in [0.1, 0.15) is 5.69 Å². The van der Waals surface area contributed by atoms with Gasteiger partial charge in [0.05, 0.1) is 24.0 Å². The number of allylic oxidation sites excluding steroid dienone is 2. The summed E-state index contributed by atoms with van der Waals surface area (Å²) in [5.41, 5.74) is 5.51. The van der Waals surface area contributed by atoms with Gasteiger partial charge in [0.2, 0.25) is 0 Å². The van der Waals surface area contributed by atoms with Crippen LogP contribution in [0.4, 0.5) is 17.1 Å². The van der Waals surface area contributed by atoms with Crippen LogP contribution in [0.5, 0.6) is 0 Å². The normalized spacial score (nSPS) is 31.7. The van der Waals surface area contributed by atoms with Crippen molar-refractivity contribution in [1.29, 1.82) is 0 Å². The third-order valence-electron chi connectivity index (χ3n) is 8.88. The van der Waals surface area contributed by atoms with Crippen molar-refractivity contribution >= 4 is 30.8 Å². The quantitative estimate of drug-likeness (QED) is 0.280. The standard InChI is InChI=1S/C25H34N4O4Si/c1-34(2,3)24-18-8-4-5-9-19(18)25-16(11-13-20(24)25)7-6-10-23(25)27-26-21-14-12-17(28(30)31)15-22(21)29(32)33/h12,14-16,18-19,26H,4-11,13H2,1-3H3/b27-23-/t16-,18+,19-,25+/m0/s1. The van der Waals surface area contributed by atoms with Crippen LogP contribution in [-0.2, 0) is 0 Å². The minimum absolute atomic E-state index is 0.0154. The van der Waals surface area contributed by atoms with E-state index >= 15 is 0 Å². The molecule has 0 radical (unpaired) electrons. The lowest BCUT2D eigenvalue weighted by molar-refractivity contribution is -0.393. The molecule has 4 aliphatic carbocycles. The van der Waals surface area contributed by atoms with Crippen LogP contribution in [0.25, 0.3) is 0 Å². The average Bonchev–Trinajstić information content (AvgIpc) is 3.30. The molecule has 0 bridgehead atoms. The molecule has 0 saturated heterocycles. The van der Waals surface area contributed by atoms with E-state index in [2.05, 4.69) is 25.1 Å². The Labute approximate surface area is 201 Å². The number of fused-ring (bicyclic) bond motifs is 1. The molecule has 0 heterocycles. The second-order valence-electron chi connectivity index (χ2n) is 11.5. The molecule has 1 spiro atoms. The van der Waals surface area contributed by atoms with Gasteiger partial charge in [0, 0.05) is 17.2 Å². The van der Waals surface area contributed by atoms with Crippen molar-refractivity contribution in [3.05, 3.63) is 49.2 Å². The van der Waals surface area contributed by atoms with Gasteiger partial charge in [0.25, 0.3) is 5.69 Å². The van der Waals surface area contributed by atoms with Gasteiger partial charge in [-0.15, -0.1) is 0 Å². The van der Waals surface area contributed by atoms with Crippen molar-refractivity contribution in [1.82, 2.24) is 0 Å². The molecule has 1 N–H and O–H groups in total. The first-order chi connectivity index (χ1) is 16.2. The molecular formula is C25H34N4O4Si. The van der Waals surface area contributed by atoms with E-state index in [0.717, 1.165) is 18.9 Å². The number of benzene rings is 1. The summed E-state index contributed by atoms with van der Waals surface area (Å²) < 4.78 is 0. The number of hydrazone groups is 1. The van der Waals surface area contributed by atoms with Gasteiger partial charge in [-0.05, 0) is 68.8 Å². The second kappa shape index (κ2) is 8.29. The zero-order valence-electron chi connectivity index (χ0n) is 20.3. The zero-order chi connectivity index (χ0) is 24.3. The van der Waals surface area contributed by atoms with E-state index in [0.29, 0.717) is 17.8 Å². The Bertz CT molecular complexity index is 1110. The SMILES string of the molecule is C[Si](C)(C)C1=C2CC[C@@H]3CCC/C(=N/Nc4ccc([N+](=O)[O-])cc4[N+](=O)[O-])[C@]23[C@H]2CCCC[C@@H]12. The largest absolute Gasteiger partial charge is 0.301 e. The van der Waals surface area contributed by atoms with E-state index in [1.54, 1.807) is 10.8 Å². The average molecular weight is 483 g/mol. The van der Waals surface area contributed by atoms with E-state index < -0.39 is 17.9 Å². The van der Waals surface area contributed by atoms with E-state index in [9.17, 15) is 20.2 Å². The van der Waals surface area contributed by atoms with Crippen molar-refractivity contribution in [3.8, 4) is 0 Å². The molecule has 1 aromatic carbocycles. The highest BCUT2D eigenvalue weighted by Gasteiger charge is 2.64. The van der Waals surface area contributed by atoms with Crippen LogP contribution in [0.1, 0.15) is 57.8 Å². The summed E-state index contributed by atoms with van der Waals surface area (Å²) >= 11 is 0. The summed E-state index contributed by atoms with van der Waals surface area (Å²) in [5, 5.41) is 29.5. The number of nitro benzene ring substituents is 2. The van der Waals surface area contributed by atoms with Crippen molar-refractivity contribution in [2.75, 3.05) is 5.43 Å². The minimum Gasteiger partial charge on any atom is -0.272 e. The lowest BCUT2D eigenvalue weighted by Crippen LogP contribution is -2.46. The predicted octanol–water partition coefficient (Wildman–Crippen LogP) is 6.85. The fraction of sp³-hybridized carbons (Fsp3) is 0.640. The molecule has 34 heavy (non-hydrogen) atoms. The number of rotatable bonds is 5. The summed E-state index contributed by atoms with van der Waals surface area (Å²) in [6.45, 7) is 7.47. The first kappa shape index (κ1) is 23.2. The molecular weight excluding hydrogens is 448 g/mol. The molecule has 1 aromatic rings. The summed E-state index contributed by atoms with van der Waals surface area (Å²) in [4.78, 5) is 21.6. The molecule has 0 amide bonds. The molecule has 4 aliphatic rings. The fourth-order valence-electron chi connectivity index (χ4n) is 8.01. The number of hydrogen-bond donors (Lipinski definition) is 1. The number of anilines is 1. The molecule has 4 atom stereocenters. The molecule has 182 valence electrons. The van der Waals surface area contributed by atoms with Crippen molar-refractivity contribution in [2.45, 2.75) is 77.4 Å². The van der Waals surface area contributed by atoms with E-state index in [1.165, 1.54) is 62.8 Å². The summed E-state index contributed by atoms with van der Waals surface area (Å²) in [5.74, 6) is 1.90. The van der Waals surface area contributed by atoms with E-state index in [1.807, 2.05) is 0 Å². The van der Waals surface area contributed by atoms with Gasteiger partial charge < -0.3 is 0 Å². The van der Waals surface area contributed by atoms with Gasteiger partial charge in [0.15, 0.2) is 0 Å². The lowest BCUT2D eigenvalue weighted by Gasteiger charge is -2.47. The minimum atomic E-state index is -1.51. The summed E-state index contributed by atoms with van der Waals surface area (Å²) in [6, 6.07) is 3.73. The van der Waals surface area contributed by atoms with E-state index in [-0.39, 0.29) is 22.5 Å². The molecule has 3 fully saturated rings. The first-order valence-electron chi connectivity index (χ1n) is 12.7. The highest BCUT2D eigenvalue weighted by molar-refractivity contribution is 6.83. The third kappa shape index (κ3) is 3.42. The van der Waals surface area contributed by atoms with Crippen LogP contribution < -0.4 is 5.43 Å². The van der Waals surface area contributed by atoms with E-state index in [4.69, 9.17) is 5.10 Å². The molecule has 0 aromatic heterocycles. The number of hydrogen-bond acceptors (Lipinski definition) is 6. The Morgan fingerprint density at radius 3 is 2.47 bits per heavy atom. The summed E-state index contributed by atoms with van der Waals surface area (Å²) in [7, 11) is -1.51. The molecule has 5 rings (SSSR count). The highest BCUT2D eigenvalue weighted by Crippen LogP contribution is 2.69. The maximum atomic E-state index is 11.6. The number of nitrogens with one attached hydrogen (secondary N) is 1. The number of non-ortho nitro benzene ring substituents is 1. The Morgan fingerprint density at radius 2 is 1.76 bits per heavy atom. The van der Waals surface area contributed by atoms with Crippen molar-refractivity contribution in [2.24, 2.45) is 28.3 Å². The van der Waals surface area contributed by atoms with Crippen LogP contribution in [0.3, 0.4) is 0 Å². The van der Waals surface area contributed by atoms with Crippen LogP contribution >= 0.6 is 0 Å². The molecule has 0 unspecified atom stereocenters. The van der Waals surface area contributed by atoms with Gasteiger partial charge in [-0.2, -0.15) is 5.10 Å². The predicted molar refractivity (Wildman–Crippen MR) is 136 cm³/mol. The number of nitro groups is 2. The molecule has 8 nitrogen and oxygen atoms in total. The van der Waals surface area contributed by atoms with Crippen LogP contribution in [0.15, 0.2) is 34.1 Å². The summed E-state index contributed by atoms with van der Waals surface area (Å²) in [6.07, 6.45) is 10.8. The molecule has 0 aliphatic heterocycles. The zero-order valence-corrected chi connectivity index (χ0v) is 21.3. The Hall–Kier alpha value is -2.55. The number of nitrogens with zero attached hydrogens (tertiary/aromatic N) is 3. The van der Waals surface area contributed by atoms with Crippen LogP contribution in [-0.4, -0.2) is 23.6 Å². The first-order valence-corrected chi connectivity index (χ1v) is 16.2. The van der Waals surface area contributed by atoms with Gasteiger partial charge >= 0.3 is 5.69 Å². The van der Waals surface area contributed by atoms with Crippen LogP contribution in [0.2, 0.25) is 19.6 Å². The Kier molecular flexibility index (Phi) is 5.65. The van der Waals surface area contributed by atoms with Gasteiger partial charge in [-0.1, -0.05) is 43.3 Å². The van der Waals surface area contributed by atoms with Crippen LogP contribution in [0, 0.1) is 43.4 Å². The molecule has 3 saturated carbocycles. The third-order valence-corrected chi connectivity index (χ3v) is 11.2. The van der Waals surface area contributed by atoms with Gasteiger partial charge in [-0.25, -0.2) is 0 Å². The fourth-order valence-corrected chi connectivity index (χ4v) is 10.7. The van der Waals surface area contributed by atoms with Crippen molar-refractivity contribution in [3.63, 3.8) is 0 Å². The highest BCUT2D eigenvalue weighted by atomic mass is 28.3.